The van der Waals surface area contributed by atoms with Crippen molar-refractivity contribution in [2.45, 2.75) is 6.54 Å². The van der Waals surface area contributed by atoms with E-state index < -0.39 is 24.1 Å². The minimum absolute atomic E-state index is 0.00852. The van der Waals surface area contributed by atoms with Crippen LogP contribution < -0.4 is 0 Å². The Morgan fingerprint density at radius 3 is 2.53 bits per heavy atom. The lowest BCUT2D eigenvalue weighted by Gasteiger charge is -2.02. The second-order valence-electron chi connectivity index (χ2n) is 3.21. The largest absolute Gasteiger partial charge is 0.480 e. The van der Waals surface area contributed by atoms with Crippen LogP contribution in [0.15, 0.2) is 18.2 Å². The molecule has 0 saturated heterocycles. The number of benzene rings is 1. The minimum Gasteiger partial charge on any atom is -0.480 e. The lowest BCUT2D eigenvalue weighted by atomic mass is 10.2. The molecule has 2 aromatic rings. The standard InChI is InChI=1S/C9H6F2N4O2/c10-6-1-5(2-7(11)3-6)9-12-13-14-15(9)4-8(16)17/h1-3H,4H2,(H,16,17). The molecule has 0 saturated carbocycles. The Kier molecular flexibility index (Phi) is 2.77. The van der Waals surface area contributed by atoms with Crippen LogP contribution in [0.1, 0.15) is 0 Å². The molecular weight excluding hydrogens is 234 g/mol. The van der Waals surface area contributed by atoms with Gasteiger partial charge in [0.2, 0.25) is 0 Å². The van der Waals surface area contributed by atoms with Gasteiger partial charge in [-0.05, 0) is 22.6 Å². The van der Waals surface area contributed by atoms with E-state index in [1.54, 1.807) is 0 Å². The Balaban J connectivity index is 2.45. The first-order chi connectivity index (χ1) is 8.06. The van der Waals surface area contributed by atoms with Gasteiger partial charge in [0.05, 0.1) is 0 Å². The lowest BCUT2D eigenvalue weighted by molar-refractivity contribution is -0.137. The number of aliphatic carboxylic acids is 1. The number of carboxylic acids is 1. The highest BCUT2D eigenvalue weighted by atomic mass is 19.1. The zero-order valence-electron chi connectivity index (χ0n) is 8.34. The molecule has 1 N–H and O–H groups in total. The first-order valence-electron chi connectivity index (χ1n) is 4.50. The first kappa shape index (κ1) is 11.1. The highest BCUT2D eigenvalue weighted by molar-refractivity contribution is 5.67. The third-order valence-corrected chi connectivity index (χ3v) is 1.94. The Morgan fingerprint density at radius 2 is 1.94 bits per heavy atom. The van der Waals surface area contributed by atoms with Crippen molar-refractivity contribution in [3.05, 3.63) is 29.8 Å². The van der Waals surface area contributed by atoms with Gasteiger partial charge in [0.25, 0.3) is 0 Å². The summed E-state index contributed by atoms with van der Waals surface area (Å²) in [5.74, 6) is -2.74. The van der Waals surface area contributed by atoms with Gasteiger partial charge in [0.1, 0.15) is 18.2 Å². The number of rotatable bonds is 3. The molecular formula is C9H6F2N4O2. The van der Waals surface area contributed by atoms with Gasteiger partial charge in [-0.15, -0.1) is 5.10 Å². The predicted molar refractivity (Wildman–Crippen MR) is 50.8 cm³/mol. The minimum atomic E-state index is -1.16. The molecule has 0 bridgehead atoms. The van der Waals surface area contributed by atoms with Crippen LogP contribution in [0.5, 0.6) is 0 Å². The molecule has 8 heteroatoms. The first-order valence-corrected chi connectivity index (χ1v) is 4.50. The summed E-state index contributed by atoms with van der Waals surface area (Å²) in [6.45, 7) is -0.486. The molecule has 0 spiro atoms. The van der Waals surface area contributed by atoms with Crippen molar-refractivity contribution in [2.75, 3.05) is 0 Å². The number of halogens is 2. The quantitative estimate of drug-likeness (QED) is 0.854. The molecule has 0 unspecified atom stereocenters. The van der Waals surface area contributed by atoms with Crippen molar-refractivity contribution in [2.24, 2.45) is 0 Å². The summed E-state index contributed by atoms with van der Waals surface area (Å²) in [5, 5.41) is 18.8. The zero-order valence-corrected chi connectivity index (χ0v) is 8.34. The summed E-state index contributed by atoms with van der Waals surface area (Å²) in [4.78, 5) is 10.5. The molecule has 0 aliphatic rings. The maximum atomic E-state index is 13.0. The van der Waals surface area contributed by atoms with Gasteiger partial charge in [0, 0.05) is 11.6 Å². The molecule has 0 aliphatic heterocycles. The SMILES string of the molecule is O=C(O)Cn1nnnc1-c1cc(F)cc(F)c1. The van der Waals surface area contributed by atoms with Gasteiger partial charge in [-0.2, -0.15) is 0 Å². The summed E-state index contributed by atoms with van der Waals surface area (Å²) in [6, 6.07) is 2.75. The summed E-state index contributed by atoms with van der Waals surface area (Å²) in [7, 11) is 0. The average Bonchev–Trinajstić information content (AvgIpc) is 2.63. The molecule has 88 valence electrons. The van der Waals surface area contributed by atoms with Crippen LogP contribution in [-0.4, -0.2) is 31.3 Å². The van der Waals surface area contributed by atoms with Crippen LogP contribution in [-0.2, 0) is 11.3 Å². The van der Waals surface area contributed by atoms with Gasteiger partial charge < -0.3 is 5.11 Å². The van der Waals surface area contributed by atoms with Crippen molar-refractivity contribution in [3.8, 4) is 11.4 Å². The fourth-order valence-electron chi connectivity index (χ4n) is 1.33. The van der Waals surface area contributed by atoms with Crippen LogP contribution in [0.25, 0.3) is 11.4 Å². The second-order valence-corrected chi connectivity index (χ2v) is 3.21. The Labute approximate surface area is 93.5 Å². The third kappa shape index (κ3) is 2.41. The summed E-state index contributed by atoms with van der Waals surface area (Å²) in [6.07, 6.45) is 0. The fraction of sp³-hybridized carbons (Fsp3) is 0.111. The van der Waals surface area contributed by atoms with Crippen LogP contribution in [0, 0.1) is 11.6 Å². The van der Waals surface area contributed by atoms with Gasteiger partial charge in [0.15, 0.2) is 5.82 Å². The molecule has 1 heterocycles. The maximum absolute atomic E-state index is 13.0. The summed E-state index contributed by atoms with van der Waals surface area (Å²) in [5.41, 5.74) is 0.0775. The van der Waals surface area contributed by atoms with Crippen LogP contribution >= 0.6 is 0 Å². The highest BCUT2D eigenvalue weighted by Gasteiger charge is 2.13. The number of nitrogens with zero attached hydrogens (tertiary/aromatic N) is 4. The van der Waals surface area contributed by atoms with E-state index >= 15 is 0 Å². The number of carbonyl (C=O) groups is 1. The van der Waals surface area contributed by atoms with Crippen molar-refractivity contribution in [1.82, 2.24) is 20.2 Å². The van der Waals surface area contributed by atoms with E-state index in [0.29, 0.717) is 6.07 Å². The highest BCUT2D eigenvalue weighted by Crippen LogP contribution is 2.18. The van der Waals surface area contributed by atoms with E-state index in [1.165, 1.54) is 0 Å². The van der Waals surface area contributed by atoms with E-state index in [9.17, 15) is 13.6 Å². The Bertz CT molecular complexity index is 550. The van der Waals surface area contributed by atoms with Gasteiger partial charge in [-0.3, -0.25) is 4.79 Å². The van der Waals surface area contributed by atoms with Crippen molar-refractivity contribution < 1.29 is 18.7 Å². The fourth-order valence-corrected chi connectivity index (χ4v) is 1.33. The van der Waals surface area contributed by atoms with Crippen molar-refractivity contribution in [3.63, 3.8) is 0 Å². The number of hydrogen-bond donors (Lipinski definition) is 1. The number of aromatic nitrogens is 4. The molecule has 0 aliphatic carbocycles. The summed E-state index contributed by atoms with van der Waals surface area (Å²) >= 11 is 0. The van der Waals surface area contributed by atoms with E-state index in [1.807, 2.05) is 0 Å². The topological polar surface area (TPSA) is 80.9 Å². The number of hydrogen-bond acceptors (Lipinski definition) is 4. The number of tetrazole rings is 1. The molecule has 0 amide bonds. The third-order valence-electron chi connectivity index (χ3n) is 1.94. The molecule has 0 atom stereocenters. The van der Waals surface area contributed by atoms with Crippen molar-refractivity contribution in [1.29, 1.82) is 0 Å². The molecule has 0 fully saturated rings. The molecule has 0 radical (unpaired) electrons. The van der Waals surface area contributed by atoms with E-state index in [4.69, 9.17) is 5.11 Å². The van der Waals surface area contributed by atoms with Gasteiger partial charge >= 0.3 is 5.97 Å². The average molecular weight is 240 g/mol. The second kappa shape index (κ2) is 4.24. The Hall–Kier alpha value is -2.38. The van der Waals surface area contributed by atoms with E-state index in [0.717, 1.165) is 16.8 Å². The molecule has 1 aromatic heterocycles. The molecule has 2 rings (SSSR count). The van der Waals surface area contributed by atoms with Crippen LogP contribution in [0.3, 0.4) is 0 Å². The van der Waals surface area contributed by atoms with Crippen LogP contribution in [0.4, 0.5) is 8.78 Å². The normalized spacial score (nSPS) is 10.5. The van der Waals surface area contributed by atoms with Crippen molar-refractivity contribution >= 4 is 5.97 Å². The Morgan fingerprint density at radius 1 is 1.29 bits per heavy atom. The lowest BCUT2D eigenvalue weighted by Crippen LogP contribution is -2.11. The smallest absolute Gasteiger partial charge is 0.325 e. The van der Waals surface area contributed by atoms with Gasteiger partial charge in [-0.25, -0.2) is 13.5 Å². The van der Waals surface area contributed by atoms with E-state index in [2.05, 4.69) is 15.5 Å². The predicted octanol–water partition coefficient (Wildman–Crippen LogP) is 0.703. The molecule has 1 aromatic carbocycles. The maximum Gasteiger partial charge on any atom is 0.325 e. The van der Waals surface area contributed by atoms with E-state index in [-0.39, 0.29) is 11.4 Å². The monoisotopic (exact) mass is 240 g/mol. The molecule has 6 nitrogen and oxygen atoms in total. The zero-order chi connectivity index (χ0) is 12.4. The van der Waals surface area contributed by atoms with Crippen LogP contribution in [0.2, 0.25) is 0 Å². The summed E-state index contributed by atoms with van der Waals surface area (Å²) < 4.78 is 26.9. The van der Waals surface area contributed by atoms with Gasteiger partial charge in [-0.1, -0.05) is 0 Å². The number of carboxylic acid groups (broad SMARTS) is 1. The molecule has 17 heavy (non-hydrogen) atoms.